The van der Waals surface area contributed by atoms with E-state index in [9.17, 15) is 5.11 Å². The van der Waals surface area contributed by atoms with Crippen LogP contribution in [0.4, 0.5) is 0 Å². The van der Waals surface area contributed by atoms with Gasteiger partial charge in [-0.05, 0) is 37.8 Å². The van der Waals surface area contributed by atoms with Crippen molar-refractivity contribution in [1.29, 1.82) is 0 Å². The molecule has 3 rings (SSSR count). The van der Waals surface area contributed by atoms with E-state index in [-0.39, 0.29) is 6.10 Å². The van der Waals surface area contributed by atoms with E-state index in [1.807, 2.05) is 24.3 Å². The van der Waals surface area contributed by atoms with E-state index >= 15 is 0 Å². The standard InChI is InChI=1S/C15H19ClN2O/c16-15-12-3-1-2-4-13(12)18-14(15)9-17-8-10-5-6-11(19)7-10/h1-4,10-11,17-19H,5-9H2. The van der Waals surface area contributed by atoms with Gasteiger partial charge in [-0.2, -0.15) is 0 Å². The number of aromatic amines is 1. The highest BCUT2D eigenvalue weighted by Crippen LogP contribution is 2.28. The molecule has 4 heteroatoms. The zero-order chi connectivity index (χ0) is 13.2. The number of rotatable bonds is 4. The summed E-state index contributed by atoms with van der Waals surface area (Å²) in [6.07, 6.45) is 2.89. The van der Waals surface area contributed by atoms with Gasteiger partial charge in [-0.1, -0.05) is 29.8 Å². The fourth-order valence-corrected chi connectivity index (χ4v) is 3.20. The molecule has 0 saturated heterocycles. The molecule has 0 aliphatic heterocycles. The molecule has 0 spiro atoms. The predicted octanol–water partition coefficient (Wildman–Crippen LogP) is 3.07. The first-order valence-corrected chi connectivity index (χ1v) is 7.25. The van der Waals surface area contributed by atoms with Crippen molar-refractivity contribution in [3.8, 4) is 0 Å². The van der Waals surface area contributed by atoms with Gasteiger partial charge >= 0.3 is 0 Å². The highest BCUT2D eigenvalue weighted by Gasteiger charge is 2.22. The van der Waals surface area contributed by atoms with Crippen molar-refractivity contribution in [3.63, 3.8) is 0 Å². The smallest absolute Gasteiger partial charge is 0.0705 e. The highest BCUT2D eigenvalue weighted by atomic mass is 35.5. The Morgan fingerprint density at radius 1 is 1.32 bits per heavy atom. The molecule has 1 aromatic heterocycles. The van der Waals surface area contributed by atoms with Crippen LogP contribution in [0.25, 0.3) is 10.9 Å². The average molecular weight is 279 g/mol. The number of aliphatic hydroxyl groups is 1. The van der Waals surface area contributed by atoms with Crippen LogP contribution in [0.3, 0.4) is 0 Å². The van der Waals surface area contributed by atoms with Gasteiger partial charge in [0.2, 0.25) is 0 Å². The largest absolute Gasteiger partial charge is 0.393 e. The van der Waals surface area contributed by atoms with Crippen LogP contribution in [0, 0.1) is 5.92 Å². The SMILES string of the molecule is OC1CCC(CNCc2[nH]c3ccccc3c2Cl)C1. The topological polar surface area (TPSA) is 48.0 Å². The van der Waals surface area contributed by atoms with Crippen LogP contribution in [0.2, 0.25) is 5.02 Å². The molecule has 0 radical (unpaired) electrons. The van der Waals surface area contributed by atoms with Crippen LogP contribution >= 0.6 is 11.6 Å². The van der Waals surface area contributed by atoms with Crippen molar-refractivity contribution in [1.82, 2.24) is 10.3 Å². The minimum Gasteiger partial charge on any atom is -0.393 e. The maximum absolute atomic E-state index is 9.50. The summed E-state index contributed by atoms with van der Waals surface area (Å²) in [5, 5.41) is 14.8. The third-order valence-corrected chi connectivity index (χ3v) is 4.39. The number of H-pyrrole nitrogens is 1. The summed E-state index contributed by atoms with van der Waals surface area (Å²) in [6.45, 7) is 1.70. The molecule has 1 fully saturated rings. The Hall–Kier alpha value is -1.03. The molecule has 3 nitrogen and oxygen atoms in total. The first-order chi connectivity index (χ1) is 9.24. The maximum Gasteiger partial charge on any atom is 0.0705 e. The number of fused-ring (bicyclic) bond motifs is 1. The molecule has 1 heterocycles. The van der Waals surface area contributed by atoms with Crippen molar-refractivity contribution in [2.75, 3.05) is 6.54 Å². The Kier molecular flexibility index (Phi) is 3.78. The highest BCUT2D eigenvalue weighted by molar-refractivity contribution is 6.36. The van der Waals surface area contributed by atoms with Crippen LogP contribution in [-0.4, -0.2) is 22.7 Å². The maximum atomic E-state index is 9.50. The molecule has 0 bridgehead atoms. The summed E-state index contributed by atoms with van der Waals surface area (Å²) in [5.41, 5.74) is 2.13. The van der Waals surface area contributed by atoms with E-state index in [1.165, 1.54) is 0 Å². The Bertz CT molecular complexity index is 566. The van der Waals surface area contributed by atoms with Crippen molar-refractivity contribution >= 4 is 22.5 Å². The Morgan fingerprint density at radius 2 is 2.16 bits per heavy atom. The number of nitrogens with one attached hydrogen (secondary N) is 2. The molecular formula is C15H19ClN2O. The number of aliphatic hydroxyl groups excluding tert-OH is 1. The van der Waals surface area contributed by atoms with Crippen molar-refractivity contribution in [2.45, 2.75) is 31.9 Å². The number of hydrogen-bond acceptors (Lipinski definition) is 2. The van der Waals surface area contributed by atoms with E-state index in [0.29, 0.717) is 5.92 Å². The molecule has 3 N–H and O–H groups in total. The third-order valence-electron chi connectivity index (χ3n) is 3.96. The lowest BCUT2D eigenvalue weighted by Crippen LogP contribution is -2.21. The quantitative estimate of drug-likeness (QED) is 0.805. The third kappa shape index (κ3) is 2.78. The van der Waals surface area contributed by atoms with Crippen LogP contribution < -0.4 is 5.32 Å². The number of benzene rings is 1. The van der Waals surface area contributed by atoms with Gasteiger partial charge in [0.15, 0.2) is 0 Å². The van der Waals surface area contributed by atoms with Gasteiger partial charge in [0.05, 0.1) is 11.1 Å². The molecule has 1 aliphatic rings. The zero-order valence-electron chi connectivity index (χ0n) is 10.8. The predicted molar refractivity (Wildman–Crippen MR) is 78.4 cm³/mol. The second-order valence-electron chi connectivity index (χ2n) is 5.43. The van der Waals surface area contributed by atoms with Crippen LogP contribution in [0.15, 0.2) is 24.3 Å². The fourth-order valence-electron chi connectivity index (χ4n) is 2.92. The number of aromatic nitrogens is 1. The second kappa shape index (κ2) is 5.53. The summed E-state index contributed by atoms with van der Waals surface area (Å²) in [6, 6.07) is 8.08. The van der Waals surface area contributed by atoms with Gasteiger partial charge in [0.25, 0.3) is 0 Å². The summed E-state index contributed by atoms with van der Waals surface area (Å²) >= 11 is 6.36. The fraction of sp³-hybridized carbons (Fsp3) is 0.467. The first kappa shape index (κ1) is 13.0. The molecule has 1 aromatic carbocycles. The Balaban J connectivity index is 1.61. The van der Waals surface area contributed by atoms with E-state index < -0.39 is 0 Å². The molecule has 102 valence electrons. The lowest BCUT2D eigenvalue weighted by Gasteiger charge is -2.10. The minimum atomic E-state index is -0.0940. The molecule has 1 aliphatic carbocycles. The lowest BCUT2D eigenvalue weighted by atomic mass is 10.1. The van der Waals surface area contributed by atoms with E-state index in [0.717, 1.165) is 54.0 Å². The van der Waals surface area contributed by atoms with Crippen molar-refractivity contribution in [2.24, 2.45) is 5.92 Å². The number of hydrogen-bond donors (Lipinski definition) is 3. The molecule has 1 saturated carbocycles. The van der Waals surface area contributed by atoms with Gasteiger partial charge in [-0.15, -0.1) is 0 Å². The van der Waals surface area contributed by atoms with Crippen molar-refractivity contribution < 1.29 is 5.11 Å². The van der Waals surface area contributed by atoms with Gasteiger partial charge in [-0.3, -0.25) is 0 Å². The van der Waals surface area contributed by atoms with E-state index in [2.05, 4.69) is 10.3 Å². The minimum absolute atomic E-state index is 0.0940. The van der Waals surface area contributed by atoms with Crippen LogP contribution in [0.5, 0.6) is 0 Å². The van der Waals surface area contributed by atoms with Gasteiger partial charge in [0, 0.05) is 23.1 Å². The van der Waals surface area contributed by atoms with Crippen LogP contribution in [0.1, 0.15) is 25.0 Å². The molecule has 2 unspecified atom stereocenters. The number of para-hydroxylation sites is 1. The van der Waals surface area contributed by atoms with Crippen LogP contribution in [-0.2, 0) is 6.54 Å². The number of halogens is 1. The van der Waals surface area contributed by atoms with E-state index in [4.69, 9.17) is 11.6 Å². The Morgan fingerprint density at radius 3 is 2.89 bits per heavy atom. The van der Waals surface area contributed by atoms with Gasteiger partial charge in [-0.25, -0.2) is 0 Å². The second-order valence-corrected chi connectivity index (χ2v) is 5.80. The molecule has 0 amide bonds. The normalized spacial score (nSPS) is 23.3. The lowest BCUT2D eigenvalue weighted by molar-refractivity contribution is 0.177. The molecule has 2 aromatic rings. The molecule has 19 heavy (non-hydrogen) atoms. The van der Waals surface area contributed by atoms with Gasteiger partial charge < -0.3 is 15.4 Å². The average Bonchev–Trinajstić information content (AvgIpc) is 2.96. The zero-order valence-corrected chi connectivity index (χ0v) is 11.6. The Labute approximate surface area is 118 Å². The molecular weight excluding hydrogens is 260 g/mol. The summed E-state index contributed by atoms with van der Waals surface area (Å²) in [5.74, 6) is 0.596. The first-order valence-electron chi connectivity index (χ1n) is 6.88. The summed E-state index contributed by atoms with van der Waals surface area (Å²) in [4.78, 5) is 3.35. The summed E-state index contributed by atoms with van der Waals surface area (Å²) in [7, 11) is 0. The monoisotopic (exact) mass is 278 g/mol. The van der Waals surface area contributed by atoms with Gasteiger partial charge in [0.1, 0.15) is 0 Å². The summed E-state index contributed by atoms with van der Waals surface area (Å²) < 4.78 is 0. The van der Waals surface area contributed by atoms with Crippen molar-refractivity contribution in [3.05, 3.63) is 35.0 Å². The molecule has 2 atom stereocenters. The van der Waals surface area contributed by atoms with E-state index in [1.54, 1.807) is 0 Å².